The van der Waals surface area contributed by atoms with E-state index >= 15 is 0 Å². The molecular formula is C27H29N3O2. The lowest BCUT2D eigenvalue weighted by atomic mass is 9.96. The Hall–Kier alpha value is -3.47. The lowest BCUT2D eigenvalue weighted by molar-refractivity contribution is -0.121. The number of nitrogens with one attached hydrogen (secondary N) is 2. The highest BCUT2D eigenvalue weighted by atomic mass is 16.2. The first-order valence-corrected chi connectivity index (χ1v) is 11.2. The molecule has 1 aliphatic carbocycles. The Balaban J connectivity index is 1.45. The summed E-state index contributed by atoms with van der Waals surface area (Å²) in [4.78, 5) is 29.7. The average Bonchev–Trinajstić information content (AvgIpc) is 3.66. The number of aromatic nitrogens is 1. The molecule has 3 aromatic rings. The van der Waals surface area contributed by atoms with E-state index in [1.54, 1.807) is 6.20 Å². The van der Waals surface area contributed by atoms with E-state index in [0.717, 1.165) is 22.3 Å². The number of hydrogen-bond donors (Lipinski definition) is 2. The molecule has 0 radical (unpaired) electrons. The Labute approximate surface area is 189 Å². The highest BCUT2D eigenvalue weighted by molar-refractivity contribution is 5.99. The van der Waals surface area contributed by atoms with Crippen molar-refractivity contribution in [3.8, 4) is 11.1 Å². The van der Waals surface area contributed by atoms with E-state index in [4.69, 9.17) is 0 Å². The summed E-state index contributed by atoms with van der Waals surface area (Å²) < 4.78 is 0. The number of pyridine rings is 1. The smallest absolute Gasteiger partial charge is 0.270 e. The first-order valence-electron chi connectivity index (χ1n) is 11.2. The monoisotopic (exact) mass is 427 g/mol. The molecule has 0 saturated heterocycles. The van der Waals surface area contributed by atoms with E-state index in [9.17, 15) is 9.59 Å². The van der Waals surface area contributed by atoms with Gasteiger partial charge >= 0.3 is 0 Å². The summed E-state index contributed by atoms with van der Waals surface area (Å²) >= 11 is 0. The van der Waals surface area contributed by atoms with Crippen molar-refractivity contribution in [1.29, 1.82) is 0 Å². The van der Waals surface area contributed by atoms with Gasteiger partial charge < -0.3 is 10.6 Å². The number of rotatable bonds is 9. The van der Waals surface area contributed by atoms with Gasteiger partial charge in [0.1, 0.15) is 5.69 Å². The average molecular weight is 428 g/mol. The summed E-state index contributed by atoms with van der Waals surface area (Å²) in [5, 5.41) is 6.05. The summed E-state index contributed by atoms with van der Waals surface area (Å²) in [5.74, 6) is 0.603. The molecule has 1 aliphatic rings. The zero-order valence-corrected chi connectivity index (χ0v) is 18.4. The first-order chi connectivity index (χ1) is 15.6. The quantitative estimate of drug-likeness (QED) is 0.520. The Morgan fingerprint density at radius 2 is 1.66 bits per heavy atom. The van der Waals surface area contributed by atoms with E-state index in [2.05, 4.69) is 22.5 Å². The van der Waals surface area contributed by atoms with E-state index in [1.165, 1.54) is 12.8 Å². The lowest BCUT2D eigenvalue weighted by Gasteiger charge is -2.15. The minimum absolute atomic E-state index is 0.00439. The van der Waals surface area contributed by atoms with Crippen molar-refractivity contribution in [1.82, 2.24) is 15.6 Å². The fraction of sp³-hybridized carbons (Fsp3) is 0.296. The van der Waals surface area contributed by atoms with Crippen molar-refractivity contribution in [2.45, 2.75) is 38.6 Å². The molecule has 4 rings (SSSR count). The fourth-order valence-corrected chi connectivity index (χ4v) is 3.83. The highest BCUT2D eigenvalue weighted by Crippen LogP contribution is 2.29. The van der Waals surface area contributed by atoms with E-state index in [-0.39, 0.29) is 17.7 Å². The van der Waals surface area contributed by atoms with E-state index in [0.29, 0.717) is 31.1 Å². The normalized spacial score (nSPS) is 13.9. The number of benzene rings is 2. The Morgan fingerprint density at radius 3 is 2.44 bits per heavy atom. The van der Waals surface area contributed by atoms with Crippen LogP contribution < -0.4 is 10.6 Å². The van der Waals surface area contributed by atoms with Crippen LogP contribution in [-0.4, -0.2) is 23.3 Å². The predicted molar refractivity (Wildman–Crippen MR) is 126 cm³/mol. The Morgan fingerprint density at radius 1 is 0.938 bits per heavy atom. The molecule has 0 unspecified atom stereocenters. The SMILES string of the molecule is C[C@H](CC(=O)NCc1ccccc1-c1cccnc1C(=O)NCC1CC1)c1ccccc1. The van der Waals surface area contributed by atoms with Crippen LogP contribution in [0.15, 0.2) is 72.9 Å². The standard InChI is InChI=1S/C27H29N3O2/c1-19(21-8-3-2-4-9-21)16-25(31)29-18-22-10-5-6-11-23(22)24-12-7-15-28-26(24)27(32)30-17-20-13-14-20/h2-12,15,19-20H,13-14,16-18H2,1H3,(H,29,31)(H,30,32)/t19-/m1/s1. The molecule has 2 aromatic carbocycles. The third-order valence-electron chi connectivity index (χ3n) is 5.91. The van der Waals surface area contributed by atoms with Gasteiger partial charge in [0.25, 0.3) is 5.91 Å². The summed E-state index contributed by atoms with van der Waals surface area (Å²) in [6.45, 7) is 3.16. The summed E-state index contributed by atoms with van der Waals surface area (Å²) in [6.07, 6.45) is 4.43. The van der Waals surface area contributed by atoms with Gasteiger partial charge in [0.05, 0.1) is 0 Å². The van der Waals surface area contributed by atoms with Crippen molar-refractivity contribution in [2.75, 3.05) is 6.54 Å². The summed E-state index contributed by atoms with van der Waals surface area (Å²) in [7, 11) is 0. The van der Waals surface area contributed by atoms with E-state index < -0.39 is 0 Å². The van der Waals surface area contributed by atoms with Gasteiger partial charge in [-0.1, -0.05) is 67.6 Å². The second-order valence-corrected chi connectivity index (χ2v) is 8.50. The predicted octanol–water partition coefficient (Wildman–Crippen LogP) is 4.70. The lowest BCUT2D eigenvalue weighted by Crippen LogP contribution is -2.27. The van der Waals surface area contributed by atoms with Gasteiger partial charge in [-0.2, -0.15) is 0 Å². The maximum absolute atomic E-state index is 12.8. The van der Waals surface area contributed by atoms with Crippen molar-refractivity contribution >= 4 is 11.8 Å². The maximum Gasteiger partial charge on any atom is 0.270 e. The zero-order chi connectivity index (χ0) is 22.3. The van der Waals surface area contributed by atoms with Crippen LogP contribution in [0.4, 0.5) is 0 Å². The molecule has 1 heterocycles. The number of hydrogen-bond acceptors (Lipinski definition) is 3. The number of amides is 2. The van der Waals surface area contributed by atoms with E-state index in [1.807, 2.05) is 66.7 Å². The molecule has 1 saturated carbocycles. The van der Waals surface area contributed by atoms with Gasteiger partial charge in [-0.15, -0.1) is 0 Å². The molecule has 5 nitrogen and oxygen atoms in total. The second kappa shape index (κ2) is 10.2. The third-order valence-corrected chi connectivity index (χ3v) is 5.91. The molecule has 5 heteroatoms. The molecule has 2 N–H and O–H groups in total. The number of carbonyl (C=O) groups is 2. The van der Waals surface area contributed by atoms with Gasteiger partial charge in [0.15, 0.2) is 0 Å². The van der Waals surface area contributed by atoms with Gasteiger partial charge in [0.2, 0.25) is 5.91 Å². The van der Waals surface area contributed by atoms with Crippen LogP contribution in [-0.2, 0) is 11.3 Å². The molecule has 0 spiro atoms. The van der Waals surface area contributed by atoms with Gasteiger partial charge in [-0.3, -0.25) is 14.6 Å². The van der Waals surface area contributed by atoms with Gasteiger partial charge in [0, 0.05) is 31.3 Å². The summed E-state index contributed by atoms with van der Waals surface area (Å²) in [6, 6.07) is 21.7. The molecular weight excluding hydrogens is 398 g/mol. The van der Waals surface area contributed by atoms with Crippen LogP contribution in [0.3, 0.4) is 0 Å². The third kappa shape index (κ3) is 5.61. The molecule has 0 aliphatic heterocycles. The number of nitrogens with zero attached hydrogens (tertiary/aromatic N) is 1. The minimum atomic E-state index is -0.150. The van der Waals surface area contributed by atoms with Crippen LogP contribution in [0, 0.1) is 5.92 Å². The van der Waals surface area contributed by atoms with Crippen molar-refractivity contribution in [3.63, 3.8) is 0 Å². The first kappa shape index (κ1) is 21.8. The molecule has 32 heavy (non-hydrogen) atoms. The maximum atomic E-state index is 12.8. The molecule has 1 aromatic heterocycles. The van der Waals surface area contributed by atoms with Crippen molar-refractivity contribution < 1.29 is 9.59 Å². The summed E-state index contributed by atoms with van der Waals surface area (Å²) in [5.41, 5.74) is 4.22. The van der Waals surface area contributed by atoms with Crippen molar-refractivity contribution in [3.05, 3.63) is 89.7 Å². The fourth-order valence-electron chi connectivity index (χ4n) is 3.83. The highest BCUT2D eigenvalue weighted by Gasteiger charge is 2.23. The Kier molecular flexibility index (Phi) is 6.95. The van der Waals surface area contributed by atoms with Gasteiger partial charge in [-0.05, 0) is 47.4 Å². The van der Waals surface area contributed by atoms with Crippen LogP contribution in [0.2, 0.25) is 0 Å². The minimum Gasteiger partial charge on any atom is -0.352 e. The molecule has 0 bridgehead atoms. The van der Waals surface area contributed by atoms with Crippen LogP contribution in [0.25, 0.3) is 11.1 Å². The second-order valence-electron chi connectivity index (χ2n) is 8.50. The zero-order valence-electron chi connectivity index (χ0n) is 18.4. The van der Waals surface area contributed by atoms with Crippen LogP contribution in [0.1, 0.15) is 53.7 Å². The molecule has 2 amide bonds. The number of carbonyl (C=O) groups excluding carboxylic acids is 2. The topological polar surface area (TPSA) is 71.1 Å². The van der Waals surface area contributed by atoms with Gasteiger partial charge in [-0.25, -0.2) is 0 Å². The van der Waals surface area contributed by atoms with Crippen LogP contribution >= 0.6 is 0 Å². The molecule has 1 fully saturated rings. The van der Waals surface area contributed by atoms with Crippen LogP contribution in [0.5, 0.6) is 0 Å². The molecule has 1 atom stereocenters. The Bertz CT molecular complexity index is 1080. The molecule has 164 valence electrons. The van der Waals surface area contributed by atoms with Crippen molar-refractivity contribution in [2.24, 2.45) is 5.92 Å². The largest absolute Gasteiger partial charge is 0.352 e.